The Labute approximate surface area is 371 Å². The Balaban J connectivity index is 0.000000142. The summed E-state index contributed by atoms with van der Waals surface area (Å²) in [7, 11) is 4.65. The van der Waals surface area contributed by atoms with Gasteiger partial charge in [-0.2, -0.15) is 0 Å². The first-order valence-electron chi connectivity index (χ1n) is 22.9. The van der Waals surface area contributed by atoms with Gasteiger partial charge in [-0.25, -0.2) is 0 Å². The van der Waals surface area contributed by atoms with Gasteiger partial charge >= 0.3 is 17.9 Å². The Morgan fingerprint density at radius 1 is 0.444 bits per heavy atom. The summed E-state index contributed by atoms with van der Waals surface area (Å²) in [5.74, 6) is -0.710. The van der Waals surface area contributed by atoms with Crippen molar-refractivity contribution in [2.75, 3.05) is 41.2 Å². The molecular formula is C48H72O15. The predicted molar refractivity (Wildman–Crippen MR) is 224 cm³/mol. The van der Waals surface area contributed by atoms with E-state index in [1.807, 2.05) is 20.8 Å². The van der Waals surface area contributed by atoms with Gasteiger partial charge in [0.15, 0.2) is 17.3 Å². The van der Waals surface area contributed by atoms with Crippen LogP contribution < -0.4 is 0 Å². The molecule has 0 aromatic carbocycles. The van der Waals surface area contributed by atoms with Crippen molar-refractivity contribution >= 4 is 35.3 Å². The quantitative estimate of drug-likeness (QED) is 0.249. The van der Waals surface area contributed by atoms with Crippen LogP contribution in [0.2, 0.25) is 0 Å². The topological polar surface area (TPSA) is 218 Å². The fraction of sp³-hybridized carbons (Fsp3) is 0.875. The highest BCUT2D eigenvalue weighted by Gasteiger charge is 2.83. The zero-order valence-electron chi connectivity index (χ0n) is 39.6. The van der Waals surface area contributed by atoms with Gasteiger partial charge in [0, 0.05) is 56.8 Å². The molecule has 9 fully saturated rings. The molecule has 6 saturated carbocycles. The molecule has 3 aliphatic heterocycles. The maximum atomic E-state index is 12.7. The number of hydrogen-bond donors (Lipinski definition) is 3. The SMILES string of the molecule is COC[C@@]1(C)[C@]23CC[C@@H](C)[C@]2(CC(=O)O3)CC(=O)[C@]1(C)O.COC[C@@]1(C)[C@]23CC[C@@H](C)[C@]2(CC(=O)O3)CC(=O)[C@]1(C)O.COC[C@@]1(C)[C@]23CC[C@@H](C)[C@]2(CC(=O)O3)CC(=O)[C@]1(C)O. The predicted octanol–water partition coefficient (Wildman–Crippen LogP) is 4.39. The monoisotopic (exact) mass is 888 g/mol. The summed E-state index contributed by atoms with van der Waals surface area (Å²) < 4.78 is 33.6. The average molecular weight is 889 g/mol. The van der Waals surface area contributed by atoms with E-state index in [1.54, 1.807) is 42.1 Å². The van der Waals surface area contributed by atoms with Gasteiger partial charge < -0.3 is 43.7 Å². The largest absolute Gasteiger partial charge is 0.458 e. The Bertz CT molecular complexity index is 1760. The van der Waals surface area contributed by atoms with Crippen LogP contribution in [0, 0.1) is 50.2 Å². The van der Waals surface area contributed by atoms with Crippen molar-refractivity contribution in [3.05, 3.63) is 0 Å². The van der Waals surface area contributed by atoms with E-state index in [2.05, 4.69) is 20.8 Å². The van der Waals surface area contributed by atoms with Gasteiger partial charge in [-0.05, 0) is 77.0 Å². The van der Waals surface area contributed by atoms with Crippen molar-refractivity contribution in [3.8, 4) is 0 Å². The zero-order valence-corrected chi connectivity index (χ0v) is 39.6. The number of aliphatic hydroxyl groups is 3. The van der Waals surface area contributed by atoms with Crippen LogP contribution in [0.4, 0.5) is 0 Å². The standard InChI is InChI=1S/3C16H24O5/c3*1-10-5-6-16-13(2,9-20-4)14(3,19)11(17)7-15(10,16)8-12(18)21-16/h3*10,19H,5-9H2,1-4H3/t3*10-,13-,14+,15-,16-/m111/s1. The van der Waals surface area contributed by atoms with Gasteiger partial charge in [-0.15, -0.1) is 0 Å². The smallest absolute Gasteiger partial charge is 0.307 e. The summed E-state index contributed by atoms with van der Waals surface area (Å²) in [5, 5.41) is 32.8. The molecule has 0 unspecified atom stereocenters. The number of ether oxygens (including phenoxy) is 6. The second-order valence-corrected chi connectivity index (χ2v) is 22.5. The van der Waals surface area contributed by atoms with E-state index in [4.69, 9.17) is 28.4 Å². The number of rotatable bonds is 6. The Morgan fingerprint density at radius 3 is 0.873 bits per heavy atom. The van der Waals surface area contributed by atoms with Crippen molar-refractivity contribution < 1.29 is 72.5 Å². The second kappa shape index (κ2) is 14.6. The van der Waals surface area contributed by atoms with Gasteiger partial charge in [0.1, 0.15) is 33.6 Å². The molecule has 63 heavy (non-hydrogen) atoms. The highest BCUT2D eigenvalue weighted by Crippen LogP contribution is 2.74. The molecule has 3 saturated heterocycles. The van der Waals surface area contributed by atoms with E-state index >= 15 is 0 Å². The van der Waals surface area contributed by atoms with E-state index in [0.29, 0.717) is 19.3 Å². The molecule has 0 aromatic rings. The lowest BCUT2D eigenvalue weighted by Gasteiger charge is -2.60. The molecule has 15 atom stereocenters. The summed E-state index contributed by atoms with van der Waals surface area (Å²) in [6, 6.07) is 0. The first kappa shape index (κ1) is 48.1. The minimum Gasteiger partial charge on any atom is -0.458 e. The van der Waals surface area contributed by atoms with E-state index in [-0.39, 0.29) is 111 Å². The molecule has 0 radical (unpaired) electrons. The fourth-order valence-electron chi connectivity index (χ4n) is 16.0. The van der Waals surface area contributed by atoms with Crippen LogP contribution in [0.25, 0.3) is 0 Å². The number of Topliss-reactive ketones (excluding diaryl/α,β-unsaturated/α-hetero) is 3. The van der Waals surface area contributed by atoms with Gasteiger partial charge in [-0.1, -0.05) is 41.5 Å². The molecule has 9 aliphatic rings. The molecule has 3 N–H and O–H groups in total. The number of methoxy groups -OCH3 is 3. The lowest BCUT2D eigenvalue weighted by Crippen LogP contribution is -2.72. The number of carbonyl (C=O) groups excluding carboxylic acids is 6. The van der Waals surface area contributed by atoms with Crippen molar-refractivity contribution in [1.82, 2.24) is 0 Å². The molecule has 15 nitrogen and oxygen atoms in total. The lowest BCUT2D eigenvalue weighted by atomic mass is 9.46. The van der Waals surface area contributed by atoms with Crippen molar-refractivity contribution in [3.63, 3.8) is 0 Å². The maximum absolute atomic E-state index is 12.7. The normalized spacial score (nSPS) is 52.5. The molecule has 0 spiro atoms. The Morgan fingerprint density at radius 2 is 0.667 bits per heavy atom. The Kier molecular flexibility index (Phi) is 11.1. The summed E-state index contributed by atoms with van der Waals surface area (Å²) in [6.07, 6.45) is 6.21. The second-order valence-electron chi connectivity index (χ2n) is 22.5. The van der Waals surface area contributed by atoms with Crippen LogP contribution in [-0.2, 0) is 57.2 Å². The number of carbonyl (C=O) groups is 6. The zero-order chi connectivity index (χ0) is 47.0. The van der Waals surface area contributed by atoms with Crippen LogP contribution in [0.1, 0.15) is 139 Å². The van der Waals surface area contributed by atoms with Gasteiger partial charge in [0.25, 0.3) is 0 Å². The molecule has 354 valence electrons. The molecule has 9 rings (SSSR count). The van der Waals surface area contributed by atoms with Crippen LogP contribution in [-0.4, -0.2) is 125 Å². The highest BCUT2D eigenvalue weighted by molar-refractivity contribution is 5.94. The maximum Gasteiger partial charge on any atom is 0.307 e. The molecule has 6 aliphatic carbocycles. The van der Waals surface area contributed by atoms with Crippen molar-refractivity contribution in [1.29, 1.82) is 0 Å². The van der Waals surface area contributed by atoms with Crippen molar-refractivity contribution in [2.24, 2.45) is 50.2 Å². The highest BCUT2D eigenvalue weighted by atomic mass is 16.6. The first-order chi connectivity index (χ1) is 29.0. The molecule has 0 aromatic heterocycles. The third kappa shape index (κ3) is 5.41. The molecular weight excluding hydrogens is 817 g/mol. The van der Waals surface area contributed by atoms with Crippen LogP contribution in [0.15, 0.2) is 0 Å². The molecule has 3 heterocycles. The van der Waals surface area contributed by atoms with Crippen LogP contribution in [0.3, 0.4) is 0 Å². The average Bonchev–Trinajstić information content (AvgIpc) is 3.96. The van der Waals surface area contributed by atoms with E-state index < -0.39 is 66.1 Å². The van der Waals surface area contributed by atoms with Crippen LogP contribution in [0.5, 0.6) is 0 Å². The van der Waals surface area contributed by atoms with Gasteiger partial charge in [-0.3, -0.25) is 28.8 Å². The Hall–Kier alpha value is -2.82. The summed E-state index contributed by atoms with van der Waals surface area (Å²) in [4.78, 5) is 74.3. The first-order valence-corrected chi connectivity index (χ1v) is 22.9. The van der Waals surface area contributed by atoms with E-state index in [9.17, 15) is 44.1 Å². The third-order valence-corrected chi connectivity index (χ3v) is 20.5. The molecule has 0 amide bonds. The van der Waals surface area contributed by atoms with Gasteiger partial charge in [0.2, 0.25) is 0 Å². The molecule has 15 heteroatoms. The number of hydrogen-bond acceptors (Lipinski definition) is 15. The number of ketones is 3. The molecule has 0 bridgehead atoms. The summed E-state index contributed by atoms with van der Waals surface area (Å²) in [6.45, 7) is 17.0. The number of esters is 3. The van der Waals surface area contributed by atoms with E-state index in [0.717, 1.165) is 19.3 Å². The lowest BCUT2D eigenvalue weighted by molar-refractivity contribution is -0.247. The summed E-state index contributed by atoms with van der Waals surface area (Å²) >= 11 is 0. The minimum atomic E-state index is -1.55. The van der Waals surface area contributed by atoms with E-state index in [1.165, 1.54) is 0 Å². The third-order valence-electron chi connectivity index (χ3n) is 20.5. The fourth-order valence-corrected chi connectivity index (χ4v) is 16.0. The van der Waals surface area contributed by atoms with Crippen LogP contribution >= 0.6 is 0 Å². The summed E-state index contributed by atoms with van der Waals surface area (Å²) in [5.41, 5.74) is -11.3. The minimum absolute atomic E-state index is 0.188. The van der Waals surface area contributed by atoms with Gasteiger partial charge in [0.05, 0.1) is 55.3 Å². The van der Waals surface area contributed by atoms with Crippen molar-refractivity contribution in [2.45, 2.75) is 173 Å².